The highest BCUT2D eigenvalue weighted by molar-refractivity contribution is 4.76. The van der Waals surface area contributed by atoms with Crippen LogP contribution < -0.4 is 0 Å². The van der Waals surface area contributed by atoms with Crippen molar-refractivity contribution >= 4 is 0 Å². The van der Waals surface area contributed by atoms with Crippen molar-refractivity contribution in [3.05, 3.63) is 0 Å². The van der Waals surface area contributed by atoms with Gasteiger partial charge in [0.15, 0.2) is 0 Å². The highest BCUT2D eigenvalue weighted by Gasteiger charge is 2.29. The fraction of sp³-hybridized carbons (Fsp3) is 1.00. The van der Waals surface area contributed by atoms with Crippen LogP contribution in [0.4, 0.5) is 0 Å². The lowest BCUT2D eigenvalue weighted by molar-refractivity contribution is 0.0665. The van der Waals surface area contributed by atoms with Crippen LogP contribution in [0.3, 0.4) is 0 Å². The summed E-state index contributed by atoms with van der Waals surface area (Å²) in [5, 5.41) is 9.45. The molecule has 1 aliphatic rings. The summed E-state index contributed by atoms with van der Waals surface area (Å²) in [5.41, 5.74) is -0.496. The Balaban J connectivity index is 2.01. The molecule has 0 bridgehead atoms. The minimum absolute atomic E-state index is 0.496. The van der Waals surface area contributed by atoms with Gasteiger partial charge in [0.05, 0.1) is 18.3 Å². The molecule has 1 N–H and O–H groups in total. The fourth-order valence-corrected chi connectivity index (χ4v) is 1.43. The van der Waals surface area contributed by atoms with Crippen LogP contribution in [0, 0.1) is 5.92 Å². The molecule has 1 heterocycles. The first-order chi connectivity index (χ1) is 5.49. The molecule has 1 saturated heterocycles. The van der Waals surface area contributed by atoms with Crippen molar-refractivity contribution in [2.24, 2.45) is 5.92 Å². The molecule has 1 fully saturated rings. The van der Waals surface area contributed by atoms with Crippen LogP contribution in [0.25, 0.3) is 0 Å². The van der Waals surface area contributed by atoms with Crippen LogP contribution in [0.1, 0.15) is 40.0 Å². The smallest absolute Gasteiger partial charge is 0.0835 e. The van der Waals surface area contributed by atoms with E-state index < -0.39 is 5.60 Å². The van der Waals surface area contributed by atoms with Crippen LogP contribution >= 0.6 is 0 Å². The van der Waals surface area contributed by atoms with Crippen molar-refractivity contribution in [1.82, 2.24) is 0 Å². The predicted molar refractivity (Wildman–Crippen MR) is 49.1 cm³/mol. The summed E-state index contributed by atoms with van der Waals surface area (Å²) in [6.45, 7) is 6.91. The Morgan fingerprint density at radius 2 is 2.17 bits per heavy atom. The van der Waals surface area contributed by atoms with Gasteiger partial charge in [0.1, 0.15) is 0 Å². The van der Waals surface area contributed by atoms with Gasteiger partial charge in [0.25, 0.3) is 0 Å². The molecule has 2 atom stereocenters. The molecule has 2 unspecified atom stereocenters. The maximum Gasteiger partial charge on any atom is 0.0835 e. The number of rotatable bonds is 5. The van der Waals surface area contributed by atoms with E-state index in [4.69, 9.17) is 4.74 Å². The lowest BCUT2D eigenvalue weighted by atomic mass is 9.95. The Bertz CT molecular complexity index is 133. The molecule has 1 rings (SSSR count). The molecule has 12 heavy (non-hydrogen) atoms. The molecule has 0 aromatic heterocycles. The van der Waals surface area contributed by atoms with Crippen LogP contribution in [0.5, 0.6) is 0 Å². The van der Waals surface area contributed by atoms with Crippen LogP contribution in [0.2, 0.25) is 0 Å². The van der Waals surface area contributed by atoms with Crippen molar-refractivity contribution in [3.8, 4) is 0 Å². The van der Waals surface area contributed by atoms with E-state index in [1.54, 1.807) is 0 Å². The third-order valence-corrected chi connectivity index (χ3v) is 2.44. The number of hydrogen-bond donors (Lipinski definition) is 1. The second-order valence-electron chi connectivity index (χ2n) is 4.55. The Hall–Kier alpha value is -0.0800. The summed E-state index contributed by atoms with van der Waals surface area (Å²) in [6, 6.07) is 0. The zero-order valence-electron chi connectivity index (χ0n) is 8.34. The van der Waals surface area contributed by atoms with Gasteiger partial charge < -0.3 is 9.84 Å². The van der Waals surface area contributed by atoms with E-state index in [2.05, 4.69) is 6.92 Å². The van der Waals surface area contributed by atoms with Crippen LogP contribution in [-0.4, -0.2) is 23.4 Å². The standard InChI is InChI=1S/C10H20O2/c1-8(9-7-12-9)5-4-6-10(2,3)11/h8-9,11H,4-7H2,1-3H3. The van der Waals surface area contributed by atoms with E-state index in [9.17, 15) is 5.11 Å². The third-order valence-electron chi connectivity index (χ3n) is 2.44. The first kappa shape index (κ1) is 10.0. The largest absolute Gasteiger partial charge is 0.390 e. The summed E-state index contributed by atoms with van der Waals surface area (Å²) in [5.74, 6) is 0.673. The number of hydrogen-bond acceptors (Lipinski definition) is 2. The van der Waals surface area contributed by atoms with Gasteiger partial charge in [-0.15, -0.1) is 0 Å². The lowest BCUT2D eigenvalue weighted by Gasteiger charge is -2.17. The quantitative estimate of drug-likeness (QED) is 0.643. The van der Waals surface area contributed by atoms with Gasteiger partial charge in [-0.3, -0.25) is 0 Å². The Morgan fingerprint density at radius 3 is 2.58 bits per heavy atom. The second-order valence-corrected chi connectivity index (χ2v) is 4.55. The first-order valence-electron chi connectivity index (χ1n) is 4.83. The lowest BCUT2D eigenvalue weighted by Crippen LogP contribution is -2.18. The number of epoxide rings is 1. The molecule has 2 heteroatoms. The third kappa shape index (κ3) is 4.07. The maximum absolute atomic E-state index is 9.45. The minimum atomic E-state index is -0.496. The van der Waals surface area contributed by atoms with E-state index in [0.29, 0.717) is 12.0 Å². The van der Waals surface area contributed by atoms with Crippen molar-refractivity contribution in [2.45, 2.75) is 51.7 Å². The van der Waals surface area contributed by atoms with Gasteiger partial charge in [-0.05, 0) is 32.6 Å². The summed E-state index contributed by atoms with van der Waals surface area (Å²) in [4.78, 5) is 0. The first-order valence-corrected chi connectivity index (χ1v) is 4.83. The molecule has 0 amide bonds. The summed E-state index contributed by atoms with van der Waals surface area (Å²) in [7, 11) is 0. The molecule has 0 spiro atoms. The highest BCUT2D eigenvalue weighted by atomic mass is 16.6. The maximum atomic E-state index is 9.45. The van der Waals surface area contributed by atoms with E-state index in [0.717, 1.165) is 19.4 Å². The molecular weight excluding hydrogens is 152 g/mol. The highest BCUT2D eigenvalue weighted by Crippen LogP contribution is 2.25. The molecule has 0 aromatic carbocycles. The Morgan fingerprint density at radius 1 is 1.58 bits per heavy atom. The van der Waals surface area contributed by atoms with Crippen LogP contribution in [-0.2, 0) is 4.74 Å². The van der Waals surface area contributed by atoms with Gasteiger partial charge in [-0.25, -0.2) is 0 Å². The van der Waals surface area contributed by atoms with Crippen molar-refractivity contribution in [1.29, 1.82) is 0 Å². The molecule has 0 aliphatic carbocycles. The van der Waals surface area contributed by atoms with Gasteiger partial charge >= 0.3 is 0 Å². The molecule has 0 aromatic rings. The van der Waals surface area contributed by atoms with Gasteiger partial charge in [-0.1, -0.05) is 13.3 Å². The topological polar surface area (TPSA) is 32.8 Å². The van der Waals surface area contributed by atoms with Gasteiger partial charge in [-0.2, -0.15) is 0 Å². The minimum Gasteiger partial charge on any atom is -0.390 e. The van der Waals surface area contributed by atoms with E-state index in [-0.39, 0.29) is 0 Å². The molecule has 2 nitrogen and oxygen atoms in total. The molecular formula is C10H20O2. The van der Waals surface area contributed by atoms with E-state index in [1.165, 1.54) is 6.42 Å². The average Bonchev–Trinajstić information content (AvgIpc) is 2.64. The van der Waals surface area contributed by atoms with Crippen molar-refractivity contribution in [2.75, 3.05) is 6.61 Å². The predicted octanol–water partition coefficient (Wildman–Crippen LogP) is 1.96. The van der Waals surface area contributed by atoms with Crippen molar-refractivity contribution in [3.63, 3.8) is 0 Å². The summed E-state index contributed by atoms with van der Waals surface area (Å²) < 4.78 is 5.19. The molecule has 1 aliphatic heterocycles. The van der Waals surface area contributed by atoms with Crippen molar-refractivity contribution < 1.29 is 9.84 Å². The average molecular weight is 172 g/mol. The fourth-order valence-electron chi connectivity index (χ4n) is 1.43. The zero-order chi connectivity index (χ0) is 9.19. The molecule has 0 saturated carbocycles. The van der Waals surface area contributed by atoms with Gasteiger partial charge in [0, 0.05) is 0 Å². The number of aliphatic hydroxyl groups is 1. The molecule has 72 valence electrons. The van der Waals surface area contributed by atoms with E-state index in [1.807, 2.05) is 13.8 Å². The summed E-state index contributed by atoms with van der Waals surface area (Å²) in [6.07, 6.45) is 3.69. The second kappa shape index (κ2) is 3.75. The number of ether oxygens (including phenoxy) is 1. The normalized spacial score (nSPS) is 25.5. The zero-order valence-corrected chi connectivity index (χ0v) is 8.34. The van der Waals surface area contributed by atoms with E-state index >= 15 is 0 Å². The molecule has 0 radical (unpaired) electrons. The van der Waals surface area contributed by atoms with Crippen LogP contribution in [0.15, 0.2) is 0 Å². The summed E-state index contributed by atoms with van der Waals surface area (Å²) >= 11 is 0. The Kier molecular flexibility index (Phi) is 3.13. The SMILES string of the molecule is CC(CCCC(C)(C)O)C1CO1. The Labute approximate surface area is 74.9 Å². The van der Waals surface area contributed by atoms with Gasteiger partial charge in [0.2, 0.25) is 0 Å². The monoisotopic (exact) mass is 172 g/mol.